The molecule has 0 heterocycles. The summed E-state index contributed by atoms with van der Waals surface area (Å²) in [6.07, 6.45) is 9.05. The lowest BCUT2D eigenvalue weighted by Gasteiger charge is -2.36. The van der Waals surface area contributed by atoms with Crippen LogP contribution in [0, 0.1) is 17.3 Å². The molecule has 0 saturated heterocycles. The van der Waals surface area contributed by atoms with E-state index in [9.17, 15) is 0 Å². The maximum Gasteiger partial charge on any atom is 0.0180 e. The van der Waals surface area contributed by atoms with Crippen molar-refractivity contribution in [3.05, 3.63) is 0 Å². The van der Waals surface area contributed by atoms with E-state index in [1.807, 2.05) is 0 Å². The lowest BCUT2D eigenvalue weighted by molar-refractivity contribution is 0.198. The second kappa shape index (κ2) is 5.73. The van der Waals surface area contributed by atoms with Crippen LogP contribution < -0.4 is 5.73 Å². The fourth-order valence-corrected chi connectivity index (χ4v) is 3.47. The fourth-order valence-electron chi connectivity index (χ4n) is 3.47. The first-order chi connectivity index (χ1) is 7.79. The van der Waals surface area contributed by atoms with Gasteiger partial charge in [0.15, 0.2) is 0 Å². The van der Waals surface area contributed by atoms with Gasteiger partial charge in [0.2, 0.25) is 0 Å². The summed E-state index contributed by atoms with van der Waals surface area (Å²) in [5.74, 6) is 1.55. The van der Waals surface area contributed by atoms with E-state index in [2.05, 4.69) is 34.6 Å². The third-order valence-corrected chi connectivity index (χ3v) is 5.08. The molecule has 1 rings (SSSR count). The van der Waals surface area contributed by atoms with Crippen LogP contribution in [0.3, 0.4) is 0 Å². The number of hydrogen-bond acceptors (Lipinski definition) is 1. The maximum absolute atomic E-state index is 6.69. The van der Waals surface area contributed by atoms with Crippen molar-refractivity contribution in [2.45, 2.75) is 85.1 Å². The summed E-state index contributed by atoms with van der Waals surface area (Å²) >= 11 is 0. The fraction of sp³-hybridized carbons (Fsp3) is 1.00. The minimum Gasteiger partial charge on any atom is -0.325 e. The van der Waals surface area contributed by atoms with Crippen LogP contribution >= 0.6 is 0 Å². The second-order valence-corrected chi connectivity index (χ2v) is 7.42. The van der Waals surface area contributed by atoms with Crippen LogP contribution in [0.5, 0.6) is 0 Å². The first kappa shape index (κ1) is 15.0. The molecule has 102 valence electrons. The summed E-state index contributed by atoms with van der Waals surface area (Å²) in [6, 6.07) is 0. The summed E-state index contributed by atoms with van der Waals surface area (Å²) in [5.41, 5.74) is 7.27. The molecule has 1 fully saturated rings. The Labute approximate surface area is 109 Å². The van der Waals surface area contributed by atoms with Gasteiger partial charge in [-0.3, -0.25) is 0 Å². The summed E-state index contributed by atoms with van der Waals surface area (Å²) in [7, 11) is 0. The molecule has 1 aliphatic rings. The van der Waals surface area contributed by atoms with Crippen molar-refractivity contribution in [2.24, 2.45) is 23.0 Å². The molecule has 0 bridgehead atoms. The predicted molar refractivity (Wildman–Crippen MR) is 77.0 cm³/mol. The largest absolute Gasteiger partial charge is 0.325 e. The zero-order valence-corrected chi connectivity index (χ0v) is 12.7. The molecule has 1 aliphatic carbocycles. The van der Waals surface area contributed by atoms with Gasteiger partial charge in [0.05, 0.1) is 0 Å². The van der Waals surface area contributed by atoms with Crippen molar-refractivity contribution >= 4 is 0 Å². The highest BCUT2D eigenvalue weighted by molar-refractivity contribution is 4.93. The minimum absolute atomic E-state index is 0.121. The van der Waals surface area contributed by atoms with Crippen LogP contribution in [0.25, 0.3) is 0 Å². The molecule has 0 aromatic carbocycles. The molecule has 1 saturated carbocycles. The van der Waals surface area contributed by atoms with Crippen molar-refractivity contribution in [3.63, 3.8) is 0 Å². The molecule has 2 N–H and O–H groups in total. The van der Waals surface area contributed by atoms with Gasteiger partial charge in [0.1, 0.15) is 0 Å². The van der Waals surface area contributed by atoms with E-state index in [-0.39, 0.29) is 5.54 Å². The summed E-state index contributed by atoms with van der Waals surface area (Å²) in [5, 5.41) is 0. The zero-order valence-electron chi connectivity index (χ0n) is 12.7. The summed E-state index contributed by atoms with van der Waals surface area (Å²) in [4.78, 5) is 0. The van der Waals surface area contributed by atoms with Crippen molar-refractivity contribution in [1.82, 2.24) is 0 Å². The quantitative estimate of drug-likeness (QED) is 0.707. The molecule has 3 atom stereocenters. The molecule has 17 heavy (non-hydrogen) atoms. The van der Waals surface area contributed by atoms with Crippen LogP contribution in [0.4, 0.5) is 0 Å². The molecule has 0 spiro atoms. The van der Waals surface area contributed by atoms with Gasteiger partial charge < -0.3 is 5.73 Å². The Morgan fingerprint density at radius 1 is 1.24 bits per heavy atom. The Morgan fingerprint density at radius 3 is 2.41 bits per heavy atom. The molecule has 1 nitrogen and oxygen atoms in total. The van der Waals surface area contributed by atoms with Gasteiger partial charge in [-0.1, -0.05) is 47.5 Å². The van der Waals surface area contributed by atoms with Crippen LogP contribution in [0.2, 0.25) is 0 Å². The van der Waals surface area contributed by atoms with Gasteiger partial charge in [0, 0.05) is 5.54 Å². The molecule has 0 aromatic rings. The highest BCUT2D eigenvalue weighted by Crippen LogP contribution is 2.41. The first-order valence-electron chi connectivity index (χ1n) is 7.58. The predicted octanol–water partition coefficient (Wildman–Crippen LogP) is 4.75. The maximum atomic E-state index is 6.69. The van der Waals surface area contributed by atoms with Gasteiger partial charge in [0.25, 0.3) is 0 Å². The van der Waals surface area contributed by atoms with Crippen molar-refractivity contribution in [1.29, 1.82) is 0 Å². The molecule has 0 aliphatic heterocycles. The van der Waals surface area contributed by atoms with E-state index in [1.54, 1.807) is 0 Å². The first-order valence-corrected chi connectivity index (χ1v) is 7.58. The Bertz CT molecular complexity index is 228. The van der Waals surface area contributed by atoms with Crippen LogP contribution in [-0.2, 0) is 0 Å². The highest BCUT2D eigenvalue weighted by atomic mass is 14.8. The second-order valence-electron chi connectivity index (χ2n) is 7.42. The van der Waals surface area contributed by atoms with E-state index in [1.165, 1.54) is 44.9 Å². The van der Waals surface area contributed by atoms with E-state index >= 15 is 0 Å². The van der Waals surface area contributed by atoms with E-state index in [4.69, 9.17) is 5.73 Å². The lowest BCUT2D eigenvalue weighted by Crippen LogP contribution is -2.45. The Hall–Kier alpha value is -0.0400. The summed E-state index contributed by atoms with van der Waals surface area (Å²) in [6.45, 7) is 11.8. The van der Waals surface area contributed by atoms with Gasteiger partial charge >= 0.3 is 0 Å². The monoisotopic (exact) mass is 239 g/mol. The van der Waals surface area contributed by atoms with E-state index in [0.29, 0.717) is 11.3 Å². The third kappa shape index (κ3) is 3.98. The highest BCUT2D eigenvalue weighted by Gasteiger charge is 2.36. The van der Waals surface area contributed by atoms with Gasteiger partial charge in [-0.15, -0.1) is 0 Å². The van der Waals surface area contributed by atoms with Crippen LogP contribution in [0.1, 0.15) is 79.6 Å². The van der Waals surface area contributed by atoms with E-state index < -0.39 is 0 Å². The lowest BCUT2D eigenvalue weighted by atomic mass is 9.74. The molecule has 0 amide bonds. The Kier molecular flexibility index (Phi) is 5.07. The van der Waals surface area contributed by atoms with Crippen molar-refractivity contribution in [3.8, 4) is 0 Å². The zero-order chi connectivity index (χ0) is 13.1. The molecular weight excluding hydrogens is 206 g/mol. The van der Waals surface area contributed by atoms with Crippen LogP contribution in [0.15, 0.2) is 0 Å². The van der Waals surface area contributed by atoms with Gasteiger partial charge in [-0.2, -0.15) is 0 Å². The minimum atomic E-state index is 0.121. The van der Waals surface area contributed by atoms with Crippen LogP contribution in [-0.4, -0.2) is 5.54 Å². The molecule has 3 unspecified atom stereocenters. The molecule has 1 heteroatoms. The topological polar surface area (TPSA) is 26.0 Å². The van der Waals surface area contributed by atoms with E-state index in [0.717, 1.165) is 5.92 Å². The molecular formula is C16H33N. The van der Waals surface area contributed by atoms with Crippen molar-refractivity contribution in [2.75, 3.05) is 0 Å². The standard InChI is InChI=1S/C16H33N/c1-6-8-13(2)16(17)11-7-9-14(10-12-16)15(3,4)5/h13-14H,6-12,17H2,1-5H3. The smallest absolute Gasteiger partial charge is 0.0180 e. The molecule has 0 aromatic heterocycles. The average Bonchev–Trinajstić information content (AvgIpc) is 2.41. The summed E-state index contributed by atoms with van der Waals surface area (Å²) < 4.78 is 0. The average molecular weight is 239 g/mol. The van der Waals surface area contributed by atoms with Gasteiger partial charge in [-0.25, -0.2) is 0 Å². The van der Waals surface area contributed by atoms with Crippen molar-refractivity contribution < 1.29 is 0 Å². The number of rotatable bonds is 3. The third-order valence-electron chi connectivity index (χ3n) is 5.08. The Balaban J connectivity index is 2.63. The normalized spacial score (nSPS) is 33.2. The van der Waals surface area contributed by atoms with Gasteiger partial charge in [-0.05, 0) is 49.4 Å². The molecule has 0 radical (unpaired) electrons. The number of hydrogen-bond donors (Lipinski definition) is 1. The SMILES string of the molecule is CCCC(C)C1(N)CCCC(C(C)(C)C)CC1. The Morgan fingerprint density at radius 2 is 1.88 bits per heavy atom. The number of nitrogens with two attached hydrogens (primary N) is 1.